The van der Waals surface area contributed by atoms with Gasteiger partial charge in [-0.05, 0) is 74.8 Å². The standard InChI is InChI=1S/C31H41NO6/c1-5-8-9-10-20(4)27(33)38-30-31(19-32-30)17-24(18-31)23-15-25(26(16-23)29(35)37-7-3)21-11-13-22(14-12-21)28(34)36-6-2/h11-14,16,20,24,30,32H,5-10,15,17-19H2,1-4H3. The SMILES string of the molecule is CCCCCC(C)C(=O)OC1NCC12CC(C1=CC(C(=O)OCC)=C(c3ccc(C(=O)OCC)cc3)C1)C2. The second-order valence-electron chi connectivity index (χ2n) is 10.9. The van der Waals surface area contributed by atoms with Gasteiger partial charge in [0, 0.05) is 12.0 Å². The Bertz CT molecular complexity index is 1100. The van der Waals surface area contributed by atoms with Crippen LogP contribution in [0.15, 0.2) is 41.5 Å². The van der Waals surface area contributed by atoms with E-state index in [0.717, 1.165) is 56.2 Å². The molecule has 2 atom stereocenters. The zero-order valence-corrected chi connectivity index (χ0v) is 23.1. The van der Waals surface area contributed by atoms with Crippen molar-refractivity contribution >= 4 is 23.5 Å². The summed E-state index contributed by atoms with van der Waals surface area (Å²) in [4.78, 5) is 37.5. The lowest BCUT2D eigenvalue weighted by molar-refractivity contribution is -0.195. The molecule has 1 spiro atoms. The van der Waals surface area contributed by atoms with Gasteiger partial charge in [0.05, 0.1) is 30.3 Å². The highest BCUT2D eigenvalue weighted by atomic mass is 16.6. The predicted molar refractivity (Wildman–Crippen MR) is 145 cm³/mol. The normalized spacial score (nSPS) is 24.8. The van der Waals surface area contributed by atoms with Gasteiger partial charge >= 0.3 is 17.9 Å². The quantitative estimate of drug-likeness (QED) is 0.217. The number of rotatable bonds is 12. The molecule has 4 rings (SSSR count). The van der Waals surface area contributed by atoms with Gasteiger partial charge in [-0.3, -0.25) is 10.1 Å². The summed E-state index contributed by atoms with van der Waals surface area (Å²) in [5.41, 5.74) is 4.09. The van der Waals surface area contributed by atoms with Crippen LogP contribution >= 0.6 is 0 Å². The zero-order chi connectivity index (χ0) is 27.3. The van der Waals surface area contributed by atoms with Crippen molar-refractivity contribution in [1.82, 2.24) is 5.32 Å². The molecule has 0 bridgehead atoms. The third-order valence-corrected chi connectivity index (χ3v) is 8.18. The molecule has 206 valence electrons. The van der Waals surface area contributed by atoms with E-state index in [0.29, 0.717) is 36.7 Å². The van der Waals surface area contributed by atoms with Gasteiger partial charge in [0.25, 0.3) is 0 Å². The minimum absolute atomic E-state index is 0.0154. The van der Waals surface area contributed by atoms with E-state index in [-0.39, 0.29) is 35.5 Å². The minimum atomic E-state index is -0.358. The van der Waals surface area contributed by atoms with Crippen molar-refractivity contribution in [3.8, 4) is 0 Å². The highest BCUT2D eigenvalue weighted by Crippen LogP contribution is 2.57. The molecular weight excluding hydrogens is 482 g/mol. The van der Waals surface area contributed by atoms with Crippen molar-refractivity contribution in [3.63, 3.8) is 0 Å². The average Bonchev–Trinajstić information content (AvgIpc) is 3.31. The summed E-state index contributed by atoms with van der Waals surface area (Å²) < 4.78 is 16.3. The first-order valence-corrected chi connectivity index (χ1v) is 14.1. The Hall–Kier alpha value is -2.93. The fraction of sp³-hybridized carbons (Fsp3) is 0.581. The number of unbranched alkanes of at least 4 members (excludes halogenated alkanes) is 2. The maximum atomic E-state index is 12.8. The summed E-state index contributed by atoms with van der Waals surface area (Å²) in [6, 6.07) is 7.21. The van der Waals surface area contributed by atoms with Crippen molar-refractivity contribution in [2.24, 2.45) is 17.3 Å². The van der Waals surface area contributed by atoms with Gasteiger partial charge in [0.2, 0.25) is 0 Å². The van der Waals surface area contributed by atoms with Crippen LogP contribution in [0, 0.1) is 17.3 Å². The summed E-state index contributed by atoms with van der Waals surface area (Å²) in [6.45, 7) is 9.18. The van der Waals surface area contributed by atoms with Crippen LogP contribution in [-0.2, 0) is 23.8 Å². The van der Waals surface area contributed by atoms with E-state index in [1.807, 2.05) is 25.1 Å². The predicted octanol–water partition coefficient (Wildman–Crippen LogP) is 5.60. The highest BCUT2D eigenvalue weighted by molar-refractivity contribution is 6.03. The summed E-state index contributed by atoms with van der Waals surface area (Å²) in [7, 11) is 0. The fourth-order valence-electron chi connectivity index (χ4n) is 5.79. The molecule has 7 heteroatoms. The molecule has 1 saturated heterocycles. The van der Waals surface area contributed by atoms with Gasteiger partial charge < -0.3 is 14.2 Å². The van der Waals surface area contributed by atoms with E-state index >= 15 is 0 Å². The molecule has 3 aliphatic rings. The van der Waals surface area contributed by atoms with Crippen LogP contribution in [0.3, 0.4) is 0 Å². The topological polar surface area (TPSA) is 90.9 Å². The Morgan fingerprint density at radius 1 is 1.00 bits per heavy atom. The summed E-state index contributed by atoms with van der Waals surface area (Å²) in [6.07, 6.45) is 8.49. The third-order valence-electron chi connectivity index (χ3n) is 8.18. The number of ether oxygens (including phenoxy) is 3. The van der Waals surface area contributed by atoms with Crippen molar-refractivity contribution in [3.05, 3.63) is 52.6 Å². The Balaban J connectivity index is 1.39. The first kappa shape index (κ1) is 28.1. The zero-order valence-electron chi connectivity index (χ0n) is 23.1. The Morgan fingerprint density at radius 3 is 2.29 bits per heavy atom. The first-order valence-electron chi connectivity index (χ1n) is 14.1. The van der Waals surface area contributed by atoms with Crippen LogP contribution in [0.4, 0.5) is 0 Å². The number of allylic oxidation sites excluding steroid dienone is 2. The van der Waals surface area contributed by atoms with Crippen molar-refractivity contribution < 1.29 is 28.6 Å². The second kappa shape index (κ2) is 12.3. The Kier molecular flexibility index (Phi) is 9.08. The van der Waals surface area contributed by atoms with E-state index in [1.54, 1.807) is 26.0 Å². The van der Waals surface area contributed by atoms with Crippen LogP contribution in [-0.4, -0.2) is 43.9 Å². The summed E-state index contributed by atoms with van der Waals surface area (Å²) >= 11 is 0. The lowest BCUT2D eigenvalue weighted by Gasteiger charge is -2.59. The van der Waals surface area contributed by atoms with Crippen LogP contribution in [0.1, 0.15) is 88.6 Å². The molecule has 2 fully saturated rings. The minimum Gasteiger partial charge on any atom is -0.462 e. The molecule has 1 aromatic carbocycles. The first-order chi connectivity index (χ1) is 18.3. The largest absolute Gasteiger partial charge is 0.462 e. The molecule has 0 aromatic heterocycles. The lowest BCUT2D eigenvalue weighted by atomic mass is 9.55. The van der Waals surface area contributed by atoms with Gasteiger partial charge in [-0.25, -0.2) is 9.59 Å². The van der Waals surface area contributed by atoms with Crippen LogP contribution < -0.4 is 5.32 Å². The number of nitrogens with one attached hydrogen (secondary N) is 1. The van der Waals surface area contributed by atoms with Crippen LogP contribution in [0.2, 0.25) is 0 Å². The molecule has 1 aliphatic heterocycles. The number of hydrogen-bond donors (Lipinski definition) is 1. The van der Waals surface area contributed by atoms with E-state index < -0.39 is 0 Å². The van der Waals surface area contributed by atoms with E-state index in [2.05, 4.69) is 12.2 Å². The number of benzene rings is 1. The molecule has 2 aliphatic carbocycles. The van der Waals surface area contributed by atoms with Crippen molar-refractivity contribution in [2.75, 3.05) is 19.8 Å². The molecule has 1 N–H and O–H groups in total. The molecule has 2 unspecified atom stereocenters. The maximum absolute atomic E-state index is 12.8. The number of carbonyl (C=O) groups is 3. The van der Waals surface area contributed by atoms with Crippen LogP contribution in [0.25, 0.3) is 5.57 Å². The second-order valence-corrected chi connectivity index (χ2v) is 10.9. The van der Waals surface area contributed by atoms with Gasteiger partial charge in [-0.2, -0.15) is 0 Å². The molecule has 1 heterocycles. The average molecular weight is 524 g/mol. The molecule has 7 nitrogen and oxygen atoms in total. The lowest BCUT2D eigenvalue weighted by Crippen LogP contribution is -2.69. The summed E-state index contributed by atoms with van der Waals surface area (Å²) in [5, 5.41) is 3.32. The van der Waals surface area contributed by atoms with Gasteiger partial charge in [0.1, 0.15) is 0 Å². The molecule has 0 amide bonds. The molecule has 38 heavy (non-hydrogen) atoms. The number of hydrogen-bond acceptors (Lipinski definition) is 7. The maximum Gasteiger partial charge on any atom is 0.338 e. The Morgan fingerprint density at radius 2 is 1.68 bits per heavy atom. The molecule has 1 saturated carbocycles. The van der Waals surface area contributed by atoms with Crippen LogP contribution in [0.5, 0.6) is 0 Å². The van der Waals surface area contributed by atoms with E-state index in [4.69, 9.17) is 14.2 Å². The molecular formula is C31H41NO6. The number of esters is 3. The number of carbonyl (C=O) groups excluding carboxylic acids is 3. The third kappa shape index (κ3) is 5.88. The molecule has 0 radical (unpaired) electrons. The smallest absolute Gasteiger partial charge is 0.338 e. The monoisotopic (exact) mass is 523 g/mol. The highest BCUT2D eigenvalue weighted by Gasteiger charge is 2.58. The summed E-state index contributed by atoms with van der Waals surface area (Å²) in [5.74, 6) is -0.538. The fourth-order valence-corrected chi connectivity index (χ4v) is 5.79. The van der Waals surface area contributed by atoms with E-state index in [9.17, 15) is 14.4 Å². The van der Waals surface area contributed by atoms with E-state index in [1.165, 1.54) is 5.57 Å². The van der Waals surface area contributed by atoms with Gasteiger partial charge in [0.15, 0.2) is 6.23 Å². The van der Waals surface area contributed by atoms with Crippen molar-refractivity contribution in [2.45, 2.75) is 78.9 Å². The van der Waals surface area contributed by atoms with Crippen molar-refractivity contribution in [1.29, 1.82) is 0 Å². The van der Waals surface area contributed by atoms with Gasteiger partial charge in [-0.15, -0.1) is 0 Å². The van der Waals surface area contributed by atoms with Gasteiger partial charge in [-0.1, -0.05) is 50.8 Å². The molecule has 1 aromatic rings. The Labute approximate surface area is 226 Å².